The van der Waals surface area contributed by atoms with Gasteiger partial charge in [-0.05, 0) is 39.5 Å². The van der Waals surface area contributed by atoms with E-state index in [9.17, 15) is 9.59 Å². The van der Waals surface area contributed by atoms with Crippen LogP contribution in [0.4, 0.5) is 0 Å². The van der Waals surface area contributed by atoms with Gasteiger partial charge in [0.05, 0.1) is 17.3 Å². The second-order valence-corrected chi connectivity index (χ2v) is 8.63. The van der Waals surface area contributed by atoms with Gasteiger partial charge in [0, 0.05) is 44.6 Å². The fourth-order valence-corrected chi connectivity index (χ4v) is 4.45. The van der Waals surface area contributed by atoms with Gasteiger partial charge in [0.15, 0.2) is 5.69 Å². The van der Waals surface area contributed by atoms with Crippen LogP contribution in [-0.4, -0.2) is 50.0 Å². The number of hydrogen-bond donors (Lipinski definition) is 1. The molecule has 1 saturated heterocycles. The van der Waals surface area contributed by atoms with E-state index in [-0.39, 0.29) is 17.5 Å². The van der Waals surface area contributed by atoms with Crippen molar-refractivity contribution >= 4 is 5.91 Å². The van der Waals surface area contributed by atoms with Gasteiger partial charge in [-0.25, -0.2) is 4.98 Å². The van der Waals surface area contributed by atoms with Gasteiger partial charge in [-0.2, -0.15) is 0 Å². The van der Waals surface area contributed by atoms with E-state index in [0.29, 0.717) is 30.6 Å². The number of aromatic nitrogens is 3. The summed E-state index contributed by atoms with van der Waals surface area (Å²) in [5.41, 5.74) is 1.88. The standard InChI is InChI=1S/C22H31N5O3/c1-4-7-15-12-18(25-30-15)22(29)27-10-6-5-8-19(27)20-23-17-9-11-26(14(2)3)13-16(17)21(28)24-20/h12,14,19H,4-11,13H2,1-3H3,(H,23,24,28)/t19-/m1/s1. The molecule has 8 heteroatoms. The van der Waals surface area contributed by atoms with Crippen LogP contribution in [0.2, 0.25) is 0 Å². The van der Waals surface area contributed by atoms with E-state index in [4.69, 9.17) is 9.51 Å². The van der Waals surface area contributed by atoms with Crippen LogP contribution >= 0.6 is 0 Å². The van der Waals surface area contributed by atoms with Crippen LogP contribution in [-0.2, 0) is 19.4 Å². The Bertz CT molecular complexity index is 964. The number of carbonyl (C=O) groups excluding carboxylic acids is 1. The molecule has 0 radical (unpaired) electrons. The van der Waals surface area contributed by atoms with Crippen molar-refractivity contribution in [2.45, 2.75) is 77.9 Å². The first-order valence-corrected chi connectivity index (χ1v) is 11.1. The van der Waals surface area contributed by atoms with Gasteiger partial charge in [-0.3, -0.25) is 14.5 Å². The van der Waals surface area contributed by atoms with E-state index in [1.807, 2.05) is 0 Å². The molecule has 1 N–H and O–H groups in total. The first-order chi connectivity index (χ1) is 14.5. The van der Waals surface area contributed by atoms with Crippen LogP contribution in [0.15, 0.2) is 15.4 Å². The molecule has 4 rings (SSSR count). The lowest BCUT2D eigenvalue weighted by Crippen LogP contribution is -2.42. The summed E-state index contributed by atoms with van der Waals surface area (Å²) in [5, 5.41) is 3.99. The summed E-state index contributed by atoms with van der Waals surface area (Å²) < 4.78 is 5.31. The van der Waals surface area contributed by atoms with Crippen LogP contribution in [0.1, 0.15) is 85.8 Å². The number of amides is 1. The molecule has 0 aliphatic carbocycles. The Balaban J connectivity index is 1.61. The van der Waals surface area contributed by atoms with E-state index in [1.165, 1.54) is 0 Å². The van der Waals surface area contributed by atoms with Crippen molar-refractivity contribution in [2.75, 3.05) is 13.1 Å². The number of aromatic amines is 1. The van der Waals surface area contributed by atoms with Crippen LogP contribution in [0, 0.1) is 0 Å². The molecule has 0 saturated carbocycles. The van der Waals surface area contributed by atoms with Crippen molar-refractivity contribution in [3.8, 4) is 0 Å². The number of hydrogen-bond acceptors (Lipinski definition) is 6. The van der Waals surface area contributed by atoms with Crippen LogP contribution in [0.3, 0.4) is 0 Å². The van der Waals surface area contributed by atoms with E-state index in [1.54, 1.807) is 11.0 Å². The number of aryl methyl sites for hydroxylation is 1. The fraction of sp³-hybridized carbons (Fsp3) is 0.636. The summed E-state index contributed by atoms with van der Waals surface area (Å²) in [7, 11) is 0. The number of nitrogens with zero attached hydrogens (tertiary/aromatic N) is 4. The molecule has 0 spiro atoms. The van der Waals surface area contributed by atoms with Gasteiger partial charge in [0.1, 0.15) is 11.6 Å². The number of rotatable bonds is 5. The fourth-order valence-electron chi connectivity index (χ4n) is 4.45. The lowest BCUT2D eigenvalue weighted by atomic mass is 9.99. The van der Waals surface area contributed by atoms with Gasteiger partial charge >= 0.3 is 0 Å². The maximum atomic E-state index is 13.2. The lowest BCUT2D eigenvalue weighted by Gasteiger charge is -2.35. The Labute approximate surface area is 176 Å². The number of H-pyrrole nitrogens is 1. The second-order valence-electron chi connectivity index (χ2n) is 8.63. The molecule has 2 aromatic rings. The Morgan fingerprint density at radius 2 is 2.17 bits per heavy atom. The third-order valence-electron chi connectivity index (χ3n) is 6.20. The summed E-state index contributed by atoms with van der Waals surface area (Å²) in [5.74, 6) is 1.17. The predicted octanol–water partition coefficient (Wildman–Crippen LogP) is 2.84. The van der Waals surface area contributed by atoms with Crippen molar-refractivity contribution in [2.24, 2.45) is 0 Å². The van der Waals surface area contributed by atoms with Gasteiger partial charge in [0.25, 0.3) is 11.5 Å². The highest BCUT2D eigenvalue weighted by atomic mass is 16.5. The number of piperidine rings is 1. The first kappa shape index (κ1) is 20.8. The van der Waals surface area contributed by atoms with E-state index < -0.39 is 0 Å². The predicted molar refractivity (Wildman–Crippen MR) is 112 cm³/mol. The van der Waals surface area contributed by atoms with Crippen LogP contribution in [0.25, 0.3) is 0 Å². The van der Waals surface area contributed by atoms with Crippen molar-refractivity contribution in [1.29, 1.82) is 0 Å². The van der Waals surface area contributed by atoms with Gasteiger partial charge in [-0.1, -0.05) is 12.1 Å². The minimum Gasteiger partial charge on any atom is -0.361 e. The molecule has 2 aliphatic rings. The highest BCUT2D eigenvalue weighted by molar-refractivity contribution is 5.92. The average Bonchev–Trinajstić information content (AvgIpc) is 3.22. The molecule has 4 heterocycles. The Kier molecular flexibility index (Phi) is 6.04. The van der Waals surface area contributed by atoms with Gasteiger partial charge < -0.3 is 14.4 Å². The molecule has 162 valence electrons. The molecule has 1 fully saturated rings. The topological polar surface area (TPSA) is 95.3 Å². The minimum atomic E-state index is -0.237. The summed E-state index contributed by atoms with van der Waals surface area (Å²) >= 11 is 0. The summed E-state index contributed by atoms with van der Waals surface area (Å²) in [6, 6.07) is 1.89. The largest absolute Gasteiger partial charge is 0.361 e. The van der Waals surface area contributed by atoms with Crippen molar-refractivity contribution in [3.05, 3.63) is 45.0 Å². The maximum absolute atomic E-state index is 13.2. The monoisotopic (exact) mass is 413 g/mol. The highest BCUT2D eigenvalue weighted by Crippen LogP contribution is 2.30. The third kappa shape index (κ3) is 4.05. The number of nitrogens with one attached hydrogen (secondary N) is 1. The molecule has 2 aliphatic heterocycles. The molecule has 0 unspecified atom stereocenters. The number of likely N-dealkylation sites (tertiary alicyclic amines) is 1. The number of fused-ring (bicyclic) bond motifs is 1. The minimum absolute atomic E-state index is 0.0787. The Morgan fingerprint density at radius 3 is 2.93 bits per heavy atom. The van der Waals surface area contributed by atoms with Crippen LogP contribution < -0.4 is 5.56 Å². The quantitative estimate of drug-likeness (QED) is 0.810. The second kappa shape index (κ2) is 8.71. The maximum Gasteiger partial charge on any atom is 0.276 e. The van der Waals surface area contributed by atoms with Gasteiger partial charge in [0.2, 0.25) is 0 Å². The number of carbonyl (C=O) groups is 1. The highest BCUT2D eigenvalue weighted by Gasteiger charge is 2.33. The molecule has 0 bridgehead atoms. The van der Waals surface area contributed by atoms with E-state index in [0.717, 1.165) is 62.1 Å². The zero-order chi connectivity index (χ0) is 21.3. The summed E-state index contributed by atoms with van der Waals surface area (Å²) in [6.07, 6.45) is 5.16. The summed E-state index contributed by atoms with van der Waals surface area (Å²) in [4.78, 5) is 37.9. The molecule has 8 nitrogen and oxygen atoms in total. The molecule has 1 amide bonds. The third-order valence-corrected chi connectivity index (χ3v) is 6.20. The zero-order valence-electron chi connectivity index (χ0n) is 18.1. The Hall–Kier alpha value is -2.48. The zero-order valence-corrected chi connectivity index (χ0v) is 18.1. The van der Waals surface area contributed by atoms with E-state index >= 15 is 0 Å². The normalized spacial score (nSPS) is 19.9. The summed E-state index contributed by atoms with van der Waals surface area (Å²) in [6.45, 7) is 8.49. The van der Waals surface area contributed by atoms with Crippen molar-refractivity contribution in [3.63, 3.8) is 0 Å². The lowest BCUT2D eigenvalue weighted by molar-refractivity contribution is 0.0588. The first-order valence-electron chi connectivity index (χ1n) is 11.1. The molecular weight excluding hydrogens is 382 g/mol. The molecule has 2 aromatic heterocycles. The Morgan fingerprint density at radius 1 is 1.33 bits per heavy atom. The SMILES string of the molecule is CCCc1cc(C(=O)N2CCCC[C@@H]2c2nc3c(c(=O)[nH]2)CN(C(C)C)CC3)no1. The molecule has 1 atom stereocenters. The molecule has 0 aromatic carbocycles. The van der Waals surface area contributed by atoms with Crippen molar-refractivity contribution in [1.82, 2.24) is 24.9 Å². The molecule has 30 heavy (non-hydrogen) atoms. The van der Waals surface area contributed by atoms with E-state index in [2.05, 4.69) is 35.8 Å². The van der Waals surface area contributed by atoms with Crippen molar-refractivity contribution < 1.29 is 9.32 Å². The molecular formula is C22H31N5O3. The smallest absolute Gasteiger partial charge is 0.276 e. The average molecular weight is 414 g/mol. The van der Waals surface area contributed by atoms with Crippen LogP contribution in [0.5, 0.6) is 0 Å². The van der Waals surface area contributed by atoms with Gasteiger partial charge in [-0.15, -0.1) is 0 Å².